The van der Waals surface area contributed by atoms with Crippen LogP contribution in [0.25, 0.3) is 0 Å². The SMILES string of the molecule is C1CCC([PH+](C2CCCCC2)C2CCCC2)CC1.C1CCC([PH+](C2CCCCC2)C2CCCC2)CC1.[Cl][Pd][Cl].[Fe]. The molecule has 6 aliphatic rings. The van der Waals surface area contributed by atoms with E-state index in [2.05, 4.69) is 0 Å². The van der Waals surface area contributed by atoms with E-state index in [0.717, 1.165) is 0 Å². The molecule has 0 nitrogen and oxygen atoms in total. The van der Waals surface area contributed by atoms with Crippen molar-refractivity contribution >= 4 is 34.9 Å². The van der Waals surface area contributed by atoms with Crippen molar-refractivity contribution in [3.05, 3.63) is 0 Å². The first-order chi connectivity index (χ1) is 19.3. The fourth-order valence-electron chi connectivity index (χ4n) is 10.3. The second kappa shape index (κ2) is 22.2. The molecule has 0 heterocycles. The molecule has 0 unspecified atom stereocenters. The van der Waals surface area contributed by atoms with E-state index in [0.29, 0.717) is 0 Å². The molecule has 0 aromatic rings. The minimum Gasteiger partial charge on any atom is 0 e. The van der Waals surface area contributed by atoms with Crippen molar-refractivity contribution in [2.24, 2.45) is 0 Å². The molecular formula is C34H64Cl2FeP2Pd+2. The molecule has 6 aliphatic carbocycles. The van der Waals surface area contributed by atoms with Crippen molar-refractivity contribution in [1.82, 2.24) is 0 Å². The van der Waals surface area contributed by atoms with Crippen molar-refractivity contribution in [3.8, 4) is 0 Å². The molecule has 0 atom stereocenters. The summed E-state index contributed by atoms with van der Waals surface area (Å²) < 4.78 is 0. The number of hydrogen-bond donors (Lipinski definition) is 0. The molecule has 0 radical (unpaired) electrons. The third-order valence-corrected chi connectivity index (χ3v) is 21.1. The van der Waals surface area contributed by atoms with Crippen LogP contribution < -0.4 is 0 Å². The summed E-state index contributed by atoms with van der Waals surface area (Å²) in [5.74, 6) is 0. The van der Waals surface area contributed by atoms with E-state index in [4.69, 9.17) is 19.1 Å². The Labute approximate surface area is 279 Å². The van der Waals surface area contributed by atoms with Crippen molar-refractivity contribution in [2.75, 3.05) is 0 Å². The van der Waals surface area contributed by atoms with Gasteiger partial charge >= 0.3 is 35.0 Å². The zero-order chi connectivity index (χ0) is 27.1. The molecule has 0 aromatic carbocycles. The van der Waals surface area contributed by atoms with Crippen LogP contribution in [-0.4, -0.2) is 34.0 Å². The van der Waals surface area contributed by atoms with Crippen LogP contribution in [0.3, 0.4) is 0 Å². The summed E-state index contributed by atoms with van der Waals surface area (Å²) in [5, 5.41) is 0. The van der Waals surface area contributed by atoms with E-state index in [1.165, 1.54) is 34.0 Å². The Morgan fingerprint density at radius 2 is 0.425 bits per heavy atom. The van der Waals surface area contributed by atoms with Gasteiger partial charge in [-0.1, -0.05) is 25.7 Å². The van der Waals surface area contributed by atoms with Crippen LogP contribution in [0.1, 0.15) is 180 Å². The maximum absolute atomic E-state index is 4.81. The van der Waals surface area contributed by atoms with E-state index in [1.807, 2.05) is 0 Å². The van der Waals surface area contributed by atoms with E-state index >= 15 is 0 Å². The summed E-state index contributed by atoms with van der Waals surface area (Å²) in [7, 11) is 9.58. The van der Waals surface area contributed by atoms with Crippen molar-refractivity contribution in [3.63, 3.8) is 0 Å². The van der Waals surface area contributed by atoms with Gasteiger partial charge in [0.1, 0.15) is 0 Å². The van der Waals surface area contributed by atoms with Gasteiger partial charge in [-0.05, 0) is 154 Å². The molecule has 6 fully saturated rings. The Balaban J connectivity index is 0.000000197. The van der Waals surface area contributed by atoms with Crippen LogP contribution in [0.4, 0.5) is 0 Å². The minimum absolute atomic E-state index is 0. The molecule has 0 saturated heterocycles. The number of halogens is 2. The zero-order valence-electron chi connectivity index (χ0n) is 25.7. The second-order valence-electron chi connectivity index (χ2n) is 14.3. The predicted molar refractivity (Wildman–Crippen MR) is 180 cm³/mol. The van der Waals surface area contributed by atoms with Gasteiger partial charge < -0.3 is 0 Å². The van der Waals surface area contributed by atoms with Crippen LogP contribution >= 0.6 is 34.9 Å². The van der Waals surface area contributed by atoms with E-state index in [-0.39, 0.29) is 48.9 Å². The van der Waals surface area contributed by atoms with Crippen molar-refractivity contribution in [2.45, 2.75) is 214 Å². The van der Waals surface area contributed by atoms with Gasteiger partial charge in [-0.3, -0.25) is 0 Å². The maximum Gasteiger partial charge on any atom is 0 e. The predicted octanol–water partition coefficient (Wildman–Crippen LogP) is 13.0. The normalized spacial score (nSPS) is 26.8. The first-order valence-electron chi connectivity index (χ1n) is 17.9. The Hall–Kier alpha value is 2.62. The van der Waals surface area contributed by atoms with Gasteiger partial charge in [0.2, 0.25) is 0 Å². The van der Waals surface area contributed by atoms with Gasteiger partial charge in [-0.2, -0.15) is 0 Å². The average molecular weight is 768 g/mol. The van der Waals surface area contributed by atoms with Crippen LogP contribution in [0.2, 0.25) is 0 Å². The molecule has 0 aromatic heterocycles. The van der Waals surface area contributed by atoms with Gasteiger partial charge in [0.15, 0.2) is 0 Å². The fourth-order valence-corrected chi connectivity index (χ4v) is 20.7. The standard InChI is InChI=1S/2C17H31P.2ClH.Fe.Pd/c2*1-3-9-15(10-4-1)18(17-13-7-8-14-17)16-11-5-2-6-12-16;;;;/h2*15-17H,1-14H2;2*1H;;/q;;;;;+2. The monoisotopic (exact) mass is 766 g/mol. The Bertz CT molecular complexity index is 519. The number of hydrogen-bond acceptors (Lipinski definition) is 0. The molecule has 40 heavy (non-hydrogen) atoms. The van der Waals surface area contributed by atoms with Gasteiger partial charge in [0.25, 0.3) is 0 Å². The summed E-state index contributed by atoms with van der Waals surface area (Å²) in [6.45, 7) is 0. The van der Waals surface area contributed by atoms with Gasteiger partial charge in [-0.25, -0.2) is 0 Å². The molecule has 0 amide bonds. The zero-order valence-corrected chi connectivity index (χ0v) is 31.9. The number of rotatable bonds is 6. The summed E-state index contributed by atoms with van der Waals surface area (Å²) in [6.07, 6.45) is 44.5. The minimum atomic E-state index is -0.106. The average Bonchev–Trinajstić information content (AvgIpc) is 3.72. The summed E-state index contributed by atoms with van der Waals surface area (Å²) in [5.41, 5.74) is 7.40. The quantitative estimate of drug-likeness (QED) is 0.187. The molecule has 0 N–H and O–H groups in total. The molecule has 0 spiro atoms. The smallest absolute Gasteiger partial charge is 0 e. The van der Waals surface area contributed by atoms with Gasteiger partial charge in [0.05, 0.1) is 34.0 Å². The van der Waals surface area contributed by atoms with Gasteiger partial charge in [0, 0.05) is 32.9 Å². The Kier molecular flexibility index (Phi) is 20.6. The van der Waals surface area contributed by atoms with Crippen LogP contribution in [0.15, 0.2) is 0 Å². The van der Waals surface area contributed by atoms with Crippen molar-refractivity contribution in [1.29, 1.82) is 0 Å². The molecule has 6 saturated carbocycles. The molecular weight excluding hydrogens is 703 g/mol. The third-order valence-electron chi connectivity index (χ3n) is 12.0. The third kappa shape index (κ3) is 12.1. The van der Waals surface area contributed by atoms with Crippen LogP contribution in [0.5, 0.6) is 0 Å². The van der Waals surface area contributed by atoms with Gasteiger partial charge in [-0.15, -0.1) is 0 Å². The van der Waals surface area contributed by atoms with Crippen LogP contribution in [0, 0.1) is 0 Å². The molecule has 6 heteroatoms. The van der Waals surface area contributed by atoms with E-state index in [9.17, 15) is 0 Å². The summed E-state index contributed by atoms with van der Waals surface area (Å²) in [6, 6.07) is 0. The second-order valence-corrected chi connectivity index (χ2v) is 23.6. The van der Waals surface area contributed by atoms with Crippen LogP contribution in [-0.2, 0) is 33.0 Å². The summed E-state index contributed by atoms with van der Waals surface area (Å²) >= 11 is -0.106. The Morgan fingerprint density at radius 1 is 0.300 bits per heavy atom. The maximum atomic E-state index is 4.81. The van der Waals surface area contributed by atoms with E-state index < -0.39 is 0 Å². The summed E-state index contributed by atoms with van der Waals surface area (Å²) in [4.78, 5) is 0. The molecule has 6 rings (SSSR count). The first-order valence-corrected chi connectivity index (χ1v) is 25.3. The largest absolute Gasteiger partial charge is 0 e. The molecule has 0 aliphatic heterocycles. The Morgan fingerprint density at radius 3 is 0.575 bits per heavy atom. The first kappa shape index (κ1) is 37.1. The fraction of sp³-hybridized carbons (Fsp3) is 1.00. The topological polar surface area (TPSA) is 0 Å². The van der Waals surface area contributed by atoms with E-state index in [1.54, 1.807) is 180 Å². The molecule has 240 valence electrons. The molecule has 0 bridgehead atoms. The van der Waals surface area contributed by atoms with Crippen molar-refractivity contribution < 1.29 is 33.0 Å².